The molecule has 3 N–H and O–H groups in total. The molecule has 1 rings (SSSR count). The van der Waals surface area contributed by atoms with Crippen molar-refractivity contribution in [3.63, 3.8) is 0 Å². The third kappa shape index (κ3) is 14.7. The molecule has 0 fully saturated rings. The molecule has 1 aromatic rings. The number of ether oxygens (including phenoxy) is 4. The predicted molar refractivity (Wildman–Crippen MR) is 145 cm³/mol. The number of carboxylic acid groups (broad SMARTS) is 1. The maximum Gasteiger partial charge on any atom is 0.508 e. The van der Waals surface area contributed by atoms with Crippen molar-refractivity contribution in [2.24, 2.45) is 10.5 Å². The third-order valence-electron chi connectivity index (χ3n) is 5.16. The van der Waals surface area contributed by atoms with Crippen LogP contribution >= 0.6 is 7.75 Å². The van der Waals surface area contributed by atoms with E-state index < -0.39 is 32.1 Å². The van der Waals surface area contributed by atoms with Gasteiger partial charge in [0.15, 0.2) is 0 Å². The molecule has 0 aromatic heterocycles. The van der Waals surface area contributed by atoms with E-state index in [1.165, 1.54) is 11.9 Å². The summed E-state index contributed by atoms with van der Waals surface area (Å²) in [7, 11) is -2.75. The molecule has 15 heteroatoms. The second-order valence-electron chi connectivity index (χ2n) is 8.23. The van der Waals surface area contributed by atoms with Gasteiger partial charge in [0.2, 0.25) is 5.96 Å². The molecule has 0 saturated heterocycles. The highest BCUT2D eigenvalue weighted by molar-refractivity contribution is 7.52. The number of aliphatic carboxylic acids is 1. The summed E-state index contributed by atoms with van der Waals surface area (Å²) < 4.78 is 47.4. The molecular formula is C25H40N3O11P. The van der Waals surface area contributed by atoms with Crippen LogP contribution in [0.25, 0.3) is 0 Å². The monoisotopic (exact) mass is 589 g/mol. The fourth-order valence-electron chi connectivity index (χ4n) is 3.08. The number of carboxylic acids is 1. The highest BCUT2D eigenvalue weighted by Gasteiger charge is 2.29. The lowest BCUT2D eigenvalue weighted by atomic mass is 10.1. The average Bonchev–Trinajstić information content (AvgIpc) is 2.91. The van der Waals surface area contributed by atoms with Gasteiger partial charge in [-0.1, -0.05) is 30.3 Å². The average molecular weight is 590 g/mol. The van der Waals surface area contributed by atoms with Gasteiger partial charge in [0.05, 0.1) is 39.6 Å². The lowest BCUT2D eigenvalue weighted by Gasteiger charge is -2.26. The first-order chi connectivity index (χ1) is 19.1. The van der Waals surface area contributed by atoms with Gasteiger partial charge in [-0.2, -0.15) is 0 Å². The minimum Gasteiger partial charge on any atom is -0.480 e. The molecule has 0 bridgehead atoms. The predicted octanol–water partition coefficient (Wildman–Crippen LogP) is 3.98. The Hall–Kier alpha value is -3.35. The van der Waals surface area contributed by atoms with Gasteiger partial charge in [-0.15, -0.1) is 4.76 Å². The molecule has 1 atom stereocenters. The van der Waals surface area contributed by atoms with Crippen molar-refractivity contribution in [1.82, 2.24) is 4.90 Å². The molecule has 1 aromatic carbocycles. The summed E-state index contributed by atoms with van der Waals surface area (Å²) >= 11 is 0. The highest BCUT2D eigenvalue weighted by Crippen LogP contribution is 2.50. The first-order valence-electron chi connectivity index (χ1n) is 12.9. The van der Waals surface area contributed by atoms with Crippen LogP contribution in [0.2, 0.25) is 0 Å². The molecule has 226 valence electrons. The number of hydrogen-bond acceptors (Lipinski definition) is 10. The van der Waals surface area contributed by atoms with E-state index in [0.717, 1.165) is 5.56 Å². The van der Waals surface area contributed by atoms with Crippen LogP contribution in [-0.4, -0.2) is 87.0 Å². The van der Waals surface area contributed by atoms with Crippen LogP contribution in [0.5, 0.6) is 0 Å². The molecule has 0 heterocycles. The number of carbonyl (C=O) groups excluding carboxylic acids is 2. The molecule has 0 aliphatic heterocycles. The Balaban J connectivity index is 2.81. The van der Waals surface area contributed by atoms with Crippen molar-refractivity contribution in [2.75, 3.05) is 46.7 Å². The second-order valence-corrected chi connectivity index (χ2v) is 9.88. The van der Waals surface area contributed by atoms with E-state index in [1.807, 2.05) is 6.07 Å². The standard InChI is InChI=1S/C25H40N3O11P/c1-4-34-24(31)36-15-9-11-17-38-40(33,39-18-12-10-16-37-25(32)35-5-2)27-23(26)28(3)21(22(29)30)19-20-13-7-6-8-14-20/h6-8,13-14,21H,4-5,9-12,15-19H2,1-3H3,(H,29,30)(H2,26,27,33). The Morgan fingerprint density at radius 1 is 0.875 bits per heavy atom. The van der Waals surface area contributed by atoms with Gasteiger partial charge in [-0.3, -0.25) is 9.05 Å². The van der Waals surface area contributed by atoms with E-state index in [1.54, 1.807) is 38.1 Å². The van der Waals surface area contributed by atoms with Crippen molar-refractivity contribution in [3.8, 4) is 0 Å². The maximum atomic E-state index is 13.4. The summed E-state index contributed by atoms with van der Waals surface area (Å²) in [4.78, 5) is 35.7. The summed E-state index contributed by atoms with van der Waals surface area (Å²) in [5.41, 5.74) is 6.82. The lowest BCUT2D eigenvalue weighted by Crippen LogP contribution is -2.47. The second kappa shape index (κ2) is 19.7. The van der Waals surface area contributed by atoms with Gasteiger partial charge in [-0.05, 0) is 45.1 Å². The number of nitrogens with two attached hydrogens (primary N) is 1. The van der Waals surface area contributed by atoms with E-state index in [2.05, 4.69) is 14.2 Å². The number of likely N-dealkylation sites (N-methyl/N-ethyl adjacent to an activating group) is 1. The number of rotatable bonds is 19. The Morgan fingerprint density at radius 2 is 1.35 bits per heavy atom. The number of benzene rings is 1. The zero-order chi connectivity index (χ0) is 29.8. The molecule has 14 nitrogen and oxygen atoms in total. The molecule has 0 radical (unpaired) electrons. The molecular weight excluding hydrogens is 549 g/mol. The fourth-order valence-corrected chi connectivity index (χ4v) is 4.38. The number of carbonyl (C=O) groups is 3. The first kappa shape index (κ1) is 34.7. The van der Waals surface area contributed by atoms with E-state index in [4.69, 9.17) is 24.3 Å². The van der Waals surface area contributed by atoms with Crippen molar-refractivity contribution in [2.45, 2.75) is 52.0 Å². The van der Waals surface area contributed by atoms with Crippen LogP contribution in [0.3, 0.4) is 0 Å². The summed E-state index contributed by atoms with van der Waals surface area (Å²) in [6, 6.07) is 7.86. The topological polar surface area (TPSA) is 186 Å². The van der Waals surface area contributed by atoms with Crippen LogP contribution in [0.1, 0.15) is 45.1 Å². The number of unbranched alkanes of at least 4 members (excludes halogenated alkanes) is 2. The fraction of sp³-hybridized carbons (Fsp3) is 0.600. The summed E-state index contributed by atoms with van der Waals surface area (Å²) in [6.45, 7) is 3.71. The highest BCUT2D eigenvalue weighted by atomic mass is 31.2. The van der Waals surface area contributed by atoms with Gasteiger partial charge in [-0.25, -0.2) is 18.9 Å². The van der Waals surface area contributed by atoms with Crippen LogP contribution in [0, 0.1) is 0 Å². The molecule has 0 amide bonds. The summed E-state index contributed by atoms with van der Waals surface area (Å²) in [6.07, 6.45) is 0.0219. The molecule has 0 spiro atoms. The molecule has 0 aliphatic rings. The largest absolute Gasteiger partial charge is 0.508 e. The Labute approximate surface area is 234 Å². The summed E-state index contributed by atoms with van der Waals surface area (Å²) in [5.74, 6) is -1.49. The van der Waals surface area contributed by atoms with Gasteiger partial charge in [0.25, 0.3) is 0 Å². The van der Waals surface area contributed by atoms with Crippen molar-refractivity contribution in [3.05, 3.63) is 35.9 Å². The van der Waals surface area contributed by atoms with Crippen LogP contribution in [0.15, 0.2) is 35.1 Å². The van der Waals surface area contributed by atoms with E-state index >= 15 is 0 Å². The van der Waals surface area contributed by atoms with Gasteiger partial charge < -0.3 is 34.7 Å². The van der Waals surface area contributed by atoms with Crippen molar-refractivity contribution < 1.29 is 52.1 Å². The lowest BCUT2D eigenvalue weighted by molar-refractivity contribution is -0.141. The quantitative estimate of drug-likeness (QED) is 0.0777. The van der Waals surface area contributed by atoms with E-state index in [9.17, 15) is 24.1 Å². The Bertz CT molecular complexity index is 944. The van der Waals surface area contributed by atoms with E-state index in [0.29, 0.717) is 25.7 Å². The first-order valence-corrected chi connectivity index (χ1v) is 14.4. The van der Waals surface area contributed by atoms with Crippen molar-refractivity contribution >= 4 is 32.0 Å². The minimum absolute atomic E-state index is 0.0672. The number of guanidine groups is 1. The normalized spacial score (nSPS) is 12.3. The third-order valence-corrected chi connectivity index (χ3v) is 6.63. The number of hydrogen-bond donors (Lipinski definition) is 2. The molecule has 1 unspecified atom stereocenters. The van der Waals surface area contributed by atoms with Crippen molar-refractivity contribution in [1.29, 1.82) is 0 Å². The number of nitrogens with zero attached hydrogens (tertiary/aromatic N) is 2. The zero-order valence-electron chi connectivity index (χ0n) is 23.2. The summed E-state index contributed by atoms with van der Waals surface area (Å²) in [5, 5.41) is 9.77. The van der Waals surface area contributed by atoms with E-state index in [-0.39, 0.29) is 52.0 Å². The smallest absolute Gasteiger partial charge is 0.480 e. The zero-order valence-corrected chi connectivity index (χ0v) is 24.1. The molecule has 0 aliphatic carbocycles. The van der Waals surface area contributed by atoms with Crippen LogP contribution in [0.4, 0.5) is 9.59 Å². The van der Waals surface area contributed by atoms with Gasteiger partial charge >= 0.3 is 26.0 Å². The maximum absolute atomic E-state index is 13.4. The SMILES string of the molecule is CCOC(=O)OCCCCOP(=O)(N=C(N)N(C)C(Cc1ccccc1)C(=O)O)OCCCCOC(=O)OCC. The molecule has 40 heavy (non-hydrogen) atoms. The van der Waals surface area contributed by atoms with Gasteiger partial charge in [0, 0.05) is 13.5 Å². The molecule has 0 saturated carbocycles. The Morgan fingerprint density at radius 3 is 1.80 bits per heavy atom. The Kier molecular flexibility index (Phi) is 17.1. The van der Waals surface area contributed by atoms with Crippen LogP contribution < -0.4 is 5.73 Å². The minimum atomic E-state index is -4.17. The van der Waals surface area contributed by atoms with Crippen LogP contribution in [-0.2, 0) is 43.8 Å². The van der Waals surface area contributed by atoms with Gasteiger partial charge in [0.1, 0.15) is 6.04 Å².